The summed E-state index contributed by atoms with van der Waals surface area (Å²) in [7, 11) is -12.5. The molecule has 490 valence electrons. The van der Waals surface area contributed by atoms with Crippen LogP contribution in [0.1, 0.15) is 132 Å². The number of carboxylic acid groups (broad SMARTS) is 2. The van der Waals surface area contributed by atoms with Gasteiger partial charge in [-0.05, 0) is 119 Å². The molecular weight excluding hydrogens is 1370 g/mol. The van der Waals surface area contributed by atoms with Gasteiger partial charge >= 0.3 is 47.8 Å². The van der Waals surface area contributed by atoms with Gasteiger partial charge in [0.1, 0.15) is 23.0 Å². The van der Waals surface area contributed by atoms with Crippen LogP contribution in [-0.2, 0) is 47.3 Å². The Kier molecular flexibility index (Phi) is 31.1. The Morgan fingerprint density at radius 2 is 0.989 bits per heavy atom. The summed E-state index contributed by atoms with van der Waals surface area (Å²) in [5, 5.41) is 9.44. The fourth-order valence-electron chi connectivity index (χ4n) is 8.39. The van der Waals surface area contributed by atoms with Gasteiger partial charge < -0.3 is 25.1 Å². The zero-order valence-electron chi connectivity index (χ0n) is 50.6. The lowest BCUT2D eigenvalue weighted by atomic mass is 9.82. The first-order valence-electron chi connectivity index (χ1n) is 28.7. The Hall–Kier alpha value is -5.75. The minimum Gasteiger partial charge on any atom is -0.545 e. The van der Waals surface area contributed by atoms with E-state index in [-0.39, 0.29) is 55.1 Å². The molecular formula is C64H76F6IN4O11S4+. The predicted octanol–water partition coefficient (Wildman–Crippen LogP) is 6.40. The second-order valence-corrected chi connectivity index (χ2v) is 32.5. The Morgan fingerprint density at radius 3 is 1.32 bits per heavy atom. The van der Waals surface area contributed by atoms with E-state index in [9.17, 15) is 72.6 Å². The molecule has 4 aromatic carbocycles. The van der Waals surface area contributed by atoms with Gasteiger partial charge in [-0.2, -0.15) is 39.1 Å². The smallest absolute Gasteiger partial charge is 0.439 e. The SMILES string of the molecule is CCC(C)c1ccc([I+]c2ccc(C(C)(C)CC)cc2)cc1.O=C(C[S+]1CCCC1)c1ccccc1.O=C(C[S+]1CCCC1)c1ccccc1.O=C([O-])c1cccnc1.O=C([O-])c1cccnc1.O=S(=O)(O)C(F)(F)C(F)(F)C(F)(F)S(=O)(=O)N1CCNCC1. The molecule has 1 atom stereocenters. The molecule has 9 rings (SSSR count). The van der Waals surface area contributed by atoms with Crippen molar-refractivity contribution in [3.8, 4) is 0 Å². The number of rotatable bonds is 19. The Morgan fingerprint density at radius 1 is 0.600 bits per heavy atom. The van der Waals surface area contributed by atoms with Crippen LogP contribution >= 0.6 is 0 Å². The first-order valence-corrected chi connectivity index (χ1v) is 37.2. The van der Waals surface area contributed by atoms with E-state index in [1.54, 1.807) is 12.1 Å². The molecule has 0 spiro atoms. The molecule has 90 heavy (non-hydrogen) atoms. The molecule has 0 aliphatic carbocycles. The van der Waals surface area contributed by atoms with Crippen LogP contribution in [0.5, 0.6) is 0 Å². The highest BCUT2D eigenvalue weighted by Gasteiger charge is 2.82. The van der Waals surface area contributed by atoms with Crippen molar-refractivity contribution in [2.24, 2.45) is 0 Å². The maximum Gasteiger partial charge on any atom is 0.439 e. The maximum atomic E-state index is 13.5. The maximum absolute atomic E-state index is 13.5. The van der Waals surface area contributed by atoms with E-state index in [1.165, 1.54) is 117 Å². The van der Waals surface area contributed by atoms with Crippen molar-refractivity contribution in [3.63, 3.8) is 0 Å². The largest absolute Gasteiger partial charge is 0.545 e. The molecule has 2 N–H and O–H groups in total. The van der Waals surface area contributed by atoms with Crippen LogP contribution in [0.25, 0.3) is 0 Å². The molecule has 0 radical (unpaired) electrons. The highest BCUT2D eigenvalue weighted by atomic mass is 127. The number of hydrogen-bond acceptors (Lipinski definition) is 13. The number of alkyl halides is 6. The van der Waals surface area contributed by atoms with Gasteiger partial charge in [0.05, 0.1) is 11.9 Å². The summed E-state index contributed by atoms with van der Waals surface area (Å²) >= 11 is -0.0624. The van der Waals surface area contributed by atoms with Gasteiger partial charge in [-0.25, -0.2) is 8.42 Å². The molecule has 0 amide bonds. The number of benzene rings is 4. The number of halogens is 7. The number of ketones is 2. The number of aromatic nitrogens is 2. The summed E-state index contributed by atoms with van der Waals surface area (Å²) in [6.45, 7) is 9.67. The van der Waals surface area contributed by atoms with E-state index < -0.39 is 61.6 Å². The zero-order valence-corrected chi connectivity index (χ0v) is 56.0. The number of hydrogen-bond donors (Lipinski definition) is 2. The van der Waals surface area contributed by atoms with Crippen molar-refractivity contribution in [1.29, 1.82) is 0 Å². The molecule has 3 fully saturated rings. The van der Waals surface area contributed by atoms with Crippen LogP contribution in [-0.4, -0.2) is 136 Å². The normalized spacial score (nSPS) is 15.2. The van der Waals surface area contributed by atoms with Gasteiger partial charge in [-0.3, -0.25) is 24.1 Å². The molecule has 6 aromatic rings. The molecule has 3 aliphatic heterocycles. The molecule has 26 heteroatoms. The lowest BCUT2D eigenvalue weighted by Crippen LogP contribution is -3.61. The van der Waals surface area contributed by atoms with E-state index >= 15 is 0 Å². The first kappa shape index (κ1) is 76.7. The third-order valence-electron chi connectivity index (χ3n) is 14.5. The van der Waals surface area contributed by atoms with Crippen molar-refractivity contribution in [2.45, 2.75) is 101 Å². The lowest BCUT2D eigenvalue weighted by molar-refractivity contribution is -0.597. The number of carboxylic acids is 2. The third-order valence-corrected chi connectivity index (χ3v) is 24.8. The van der Waals surface area contributed by atoms with E-state index in [2.05, 4.69) is 98.4 Å². The molecule has 2 aromatic heterocycles. The van der Waals surface area contributed by atoms with Crippen molar-refractivity contribution in [1.82, 2.24) is 19.6 Å². The van der Waals surface area contributed by atoms with E-state index in [1.807, 2.05) is 60.7 Å². The predicted molar refractivity (Wildman–Crippen MR) is 333 cm³/mol. The highest BCUT2D eigenvalue weighted by Crippen LogP contribution is 2.51. The number of Topliss-reactive ketones (excluding diaryl/α,β-unsaturated/α-hetero) is 2. The average molecular weight is 1450 g/mol. The van der Waals surface area contributed by atoms with Gasteiger partial charge in [0, 0.05) is 73.2 Å². The fraction of sp³-hybridized carbons (Fsp3) is 0.406. The summed E-state index contributed by atoms with van der Waals surface area (Å²) in [4.78, 5) is 50.9. The van der Waals surface area contributed by atoms with Gasteiger partial charge in [-0.1, -0.05) is 132 Å². The van der Waals surface area contributed by atoms with Gasteiger partial charge in [-0.15, -0.1) is 0 Å². The number of aromatic carboxylic acids is 2. The first-order chi connectivity index (χ1) is 42.4. The average Bonchev–Trinajstić information content (AvgIpc) is 0.776. The topological polar surface area (TPSA) is 244 Å². The number of carbonyl (C=O) groups excluding carboxylic acids is 4. The summed E-state index contributed by atoms with van der Waals surface area (Å²) < 4.78 is 134. The monoisotopic (exact) mass is 1450 g/mol. The van der Waals surface area contributed by atoms with Gasteiger partial charge in [0.15, 0.2) is 18.6 Å². The summed E-state index contributed by atoms with van der Waals surface area (Å²) in [5.74, 6) is -1.28. The van der Waals surface area contributed by atoms with Crippen molar-refractivity contribution in [2.75, 3.05) is 60.7 Å². The number of pyridine rings is 2. The van der Waals surface area contributed by atoms with E-state index in [0.29, 0.717) is 39.3 Å². The van der Waals surface area contributed by atoms with E-state index in [0.717, 1.165) is 22.6 Å². The summed E-state index contributed by atoms with van der Waals surface area (Å²) in [6.07, 6.45) is 13.2. The molecule has 1 unspecified atom stereocenters. The van der Waals surface area contributed by atoms with Crippen LogP contribution in [0.4, 0.5) is 26.3 Å². The third kappa shape index (κ3) is 23.1. The molecule has 3 saturated heterocycles. The number of nitrogens with one attached hydrogen (secondary N) is 1. The van der Waals surface area contributed by atoms with Gasteiger partial charge in [0.25, 0.3) is 10.0 Å². The minimum atomic E-state index is -6.99. The Bertz CT molecular complexity index is 3280. The standard InChI is InChI=1S/C21H28I.2C12H15OS.C7H10F6N2O5S2.2C6H5NO2/c1-6-16(3)17-8-12-19(13-9-17)22-20-14-10-18(11-15-20)21(4,5)7-2;2*13-12(10-14-8-4-5-9-14)11-6-2-1-3-7-11;8-5(9,7(12,13)22(18,19)20)6(10,11)21(16,17)15-3-1-14-2-4-15;2*8-6(9)5-2-1-3-7-4-5/h8-16H,6-7H2,1-5H3;2*1-3,6-7H,4-5,8-10H2;14H,1-4H2,(H,18,19,20);2*1-4H,(H,8,9)/q3*+1;;;/p-2. The van der Waals surface area contributed by atoms with Crippen LogP contribution in [0, 0.1) is 7.14 Å². The van der Waals surface area contributed by atoms with Crippen molar-refractivity contribution in [3.05, 3.63) is 199 Å². The zero-order chi connectivity index (χ0) is 66.8. The van der Waals surface area contributed by atoms with Crippen LogP contribution < -0.4 is 36.7 Å². The summed E-state index contributed by atoms with van der Waals surface area (Å²) in [5.41, 5.74) is 5.19. The van der Waals surface area contributed by atoms with Crippen LogP contribution in [0.3, 0.4) is 0 Å². The van der Waals surface area contributed by atoms with Crippen molar-refractivity contribution < 1.29 is 98.3 Å². The summed E-state index contributed by atoms with van der Waals surface area (Å²) in [6, 6.07) is 43.9. The minimum absolute atomic E-state index is 0.0624. The molecule has 3 aliphatic rings. The quantitative estimate of drug-likeness (QED) is 0.0293. The van der Waals surface area contributed by atoms with Crippen molar-refractivity contribution >= 4 is 65.4 Å². The number of carbonyl (C=O) groups is 4. The second-order valence-electron chi connectivity index (χ2n) is 21.3. The van der Waals surface area contributed by atoms with Gasteiger partial charge in [0.2, 0.25) is 11.6 Å². The molecule has 5 heterocycles. The van der Waals surface area contributed by atoms with E-state index in [4.69, 9.17) is 4.55 Å². The fourth-order valence-corrected chi connectivity index (χ4v) is 17.0. The molecule has 15 nitrogen and oxygen atoms in total. The number of sulfonamides is 1. The Balaban J connectivity index is 0.000000238. The van der Waals surface area contributed by atoms with Crippen LogP contribution in [0.2, 0.25) is 0 Å². The number of piperazine rings is 1. The Labute approximate surface area is 540 Å². The second kappa shape index (κ2) is 36.5. The highest BCUT2D eigenvalue weighted by molar-refractivity contribution is 7.98. The number of nitrogens with zero attached hydrogens (tertiary/aromatic N) is 3. The molecule has 0 saturated carbocycles. The molecule has 0 bridgehead atoms. The lowest BCUT2D eigenvalue weighted by Gasteiger charge is -2.35. The van der Waals surface area contributed by atoms with Crippen LogP contribution in [0.15, 0.2) is 158 Å².